The van der Waals surface area contributed by atoms with Crippen LogP contribution in [-0.4, -0.2) is 34.4 Å². The van der Waals surface area contributed by atoms with E-state index in [9.17, 15) is 4.79 Å². The molecule has 2 aromatic rings. The summed E-state index contributed by atoms with van der Waals surface area (Å²) >= 11 is 0. The summed E-state index contributed by atoms with van der Waals surface area (Å²) in [6, 6.07) is 20.2. The standard InChI is InChI=1S/C27H27N3O/c1-2-23-24(20-14-8-4-9-15-20)29-25(21-16-10-5-11-17-21)26-28-22(27(31)30(23)26)18-19-12-6-3-7-13-19/h3-6,8-12,14-17,22-23,25H,2,7,13,18H2,1H3/p+1. The van der Waals surface area contributed by atoms with Gasteiger partial charge in [0.05, 0.1) is 0 Å². The summed E-state index contributed by atoms with van der Waals surface area (Å²) in [5.74, 6) is 0.993. The lowest BCUT2D eigenvalue weighted by Gasteiger charge is -2.32. The van der Waals surface area contributed by atoms with Crippen LogP contribution in [0.25, 0.3) is 0 Å². The Bertz CT molecular complexity index is 1080. The van der Waals surface area contributed by atoms with Crippen molar-refractivity contribution < 1.29 is 9.79 Å². The summed E-state index contributed by atoms with van der Waals surface area (Å²) < 4.78 is 0. The molecule has 4 heteroatoms. The Kier molecular flexibility index (Phi) is 5.37. The van der Waals surface area contributed by atoms with Crippen LogP contribution in [0.2, 0.25) is 0 Å². The van der Waals surface area contributed by atoms with Gasteiger partial charge in [0, 0.05) is 17.5 Å². The molecule has 1 aliphatic carbocycles. The first-order valence-corrected chi connectivity index (χ1v) is 11.3. The molecule has 2 heterocycles. The van der Waals surface area contributed by atoms with E-state index in [1.54, 1.807) is 0 Å². The Morgan fingerprint density at radius 3 is 2.48 bits per heavy atom. The molecule has 3 aliphatic rings. The third-order valence-corrected chi connectivity index (χ3v) is 6.42. The first-order valence-electron chi connectivity index (χ1n) is 11.3. The van der Waals surface area contributed by atoms with E-state index in [4.69, 9.17) is 4.99 Å². The van der Waals surface area contributed by atoms with Crippen LogP contribution in [0.15, 0.2) is 89.5 Å². The number of amides is 1. The molecule has 2 aliphatic heterocycles. The quantitative estimate of drug-likeness (QED) is 0.807. The largest absolute Gasteiger partial charge is 0.279 e. The minimum absolute atomic E-state index is 0.0288. The van der Waals surface area contributed by atoms with E-state index in [0.717, 1.165) is 41.9 Å². The zero-order chi connectivity index (χ0) is 21.2. The zero-order valence-corrected chi connectivity index (χ0v) is 17.9. The summed E-state index contributed by atoms with van der Waals surface area (Å²) in [7, 11) is 0. The maximum absolute atomic E-state index is 13.7. The number of nitrogens with zero attached hydrogens (tertiary/aromatic N) is 2. The number of hydrogen-bond acceptors (Lipinski definition) is 2. The molecule has 156 valence electrons. The third kappa shape index (κ3) is 3.67. The fourth-order valence-electron chi connectivity index (χ4n) is 4.88. The Hall–Kier alpha value is -3.27. The van der Waals surface area contributed by atoms with Crippen LogP contribution in [-0.2, 0) is 4.79 Å². The van der Waals surface area contributed by atoms with Gasteiger partial charge in [0.15, 0.2) is 5.84 Å². The molecule has 31 heavy (non-hydrogen) atoms. The molecule has 0 radical (unpaired) electrons. The lowest BCUT2D eigenvalue weighted by Crippen LogP contribution is -2.84. The van der Waals surface area contributed by atoms with Gasteiger partial charge < -0.3 is 0 Å². The van der Waals surface area contributed by atoms with Gasteiger partial charge in [-0.05, 0) is 31.4 Å². The van der Waals surface area contributed by atoms with Crippen molar-refractivity contribution in [3.8, 4) is 0 Å². The molecule has 1 amide bonds. The molecule has 1 N–H and O–H groups in total. The molecule has 0 saturated heterocycles. The van der Waals surface area contributed by atoms with Gasteiger partial charge in [0.1, 0.15) is 12.1 Å². The molecule has 3 atom stereocenters. The lowest BCUT2D eigenvalue weighted by atomic mass is 9.93. The number of rotatable bonds is 5. The van der Waals surface area contributed by atoms with E-state index in [2.05, 4.69) is 66.5 Å². The summed E-state index contributed by atoms with van der Waals surface area (Å²) in [6.45, 7) is 2.14. The lowest BCUT2D eigenvalue weighted by molar-refractivity contribution is -0.494. The van der Waals surface area contributed by atoms with Gasteiger partial charge in [-0.25, -0.2) is 4.99 Å². The monoisotopic (exact) mass is 410 g/mol. The number of carbonyl (C=O) groups is 1. The average Bonchev–Trinajstić information content (AvgIpc) is 3.15. The van der Waals surface area contributed by atoms with E-state index < -0.39 is 0 Å². The number of fused-ring (bicyclic) bond motifs is 1. The molecule has 2 aromatic carbocycles. The highest BCUT2D eigenvalue weighted by molar-refractivity contribution is 6.15. The number of benzene rings is 2. The fourth-order valence-corrected chi connectivity index (χ4v) is 4.88. The van der Waals surface area contributed by atoms with Crippen molar-refractivity contribution in [1.82, 2.24) is 4.90 Å². The first-order chi connectivity index (χ1) is 15.3. The summed E-state index contributed by atoms with van der Waals surface area (Å²) in [5.41, 5.74) is 4.67. The topological polar surface area (TPSA) is 46.6 Å². The highest BCUT2D eigenvalue weighted by Crippen LogP contribution is 2.30. The van der Waals surface area contributed by atoms with Crippen molar-refractivity contribution in [2.75, 3.05) is 0 Å². The molecular formula is C27H28N3O+. The van der Waals surface area contributed by atoms with Crippen molar-refractivity contribution in [1.29, 1.82) is 0 Å². The van der Waals surface area contributed by atoms with Crippen molar-refractivity contribution in [3.05, 3.63) is 95.6 Å². The number of amidine groups is 1. The molecule has 3 unspecified atom stereocenters. The van der Waals surface area contributed by atoms with Crippen LogP contribution in [0, 0.1) is 0 Å². The van der Waals surface area contributed by atoms with Crippen LogP contribution >= 0.6 is 0 Å². The van der Waals surface area contributed by atoms with Gasteiger partial charge in [-0.15, -0.1) is 0 Å². The SMILES string of the molecule is CCC1C(c2ccccc2)=[NH+]C(c2ccccc2)C2=NC(CC3=CC=CCC3)C(=O)N21. The Labute approximate surface area is 183 Å². The molecule has 0 bridgehead atoms. The molecule has 0 aromatic heterocycles. The van der Waals surface area contributed by atoms with Crippen LogP contribution < -0.4 is 4.99 Å². The van der Waals surface area contributed by atoms with Gasteiger partial charge in [0.25, 0.3) is 5.91 Å². The van der Waals surface area contributed by atoms with Crippen molar-refractivity contribution in [3.63, 3.8) is 0 Å². The maximum atomic E-state index is 13.7. The number of allylic oxidation sites excluding steroid dienone is 3. The van der Waals surface area contributed by atoms with Crippen molar-refractivity contribution in [2.24, 2.45) is 4.99 Å². The van der Waals surface area contributed by atoms with Gasteiger partial charge >= 0.3 is 0 Å². The Balaban J connectivity index is 1.58. The normalized spacial score (nSPS) is 25.1. The fraction of sp³-hybridized carbons (Fsp3) is 0.296. The molecular weight excluding hydrogens is 382 g/mol. The summed E-state index contributed by atoms with van der Waals surface area (Å²) in [4.78, 5) is 24.4. The summed E-state index contributed by atoms with van der Waals surface area (Å²) in [5, 5.41) is 0. The highest BCUT2D eigenvalue weighted by Gasteiger charge is 2.50. The third-order valence-electron chi connectivity index (χ3n) is 6.42. The number of hydrogen-bond donors (Lipinski definition) is 1. The number of nitrogens with one attached hydrogen (secondary N) is 1. The number of carbonyl (C=O) groups excluding carboxylic acids is 1. The second kappa shape index (κ2) is 8.46. The second-order valence-corrected chi connectivity index (χ2v) is 8.40. The van der Waals surface area contributed by atoms with Gasteiger partial charge in [-0.2, -0.15) is 0 Å². The van der Waals surface area contributed by atoms with E-state index >= 15 is 0 Å². The molecule has 0 spiro atoms. The number of aliphatic imine (C=N–C) groups is 1. The smallest absolute Gasteiger partial charge is 0.254 e. The van der Waals surface area contributed by atoms with Crippen LogP contribution in [0.5, 0.6) is 0 Å². The first kappa shape index (κ1) is 19.7. The molecule has 5 rings (SSSR count). The molecule has 4 nitrogen and oxygen atoms in total. The van der Waals surface area contributed by atoms with E-state index in [-0.39, 0.29) is 24.0 Å². The minimum atomic E-state index is -0.329. The van der Waals surface area contributed by atoms with Crippen LogP contribution in [0.1, 0.15) is 49.8 Å². The summed E-state index contributed by atoms with van der Waals surface area (Å²) in [6.07, 6.45) is 10.0. The zero-order valence-electron chi connectivity index (χ0n) is 17.9. The second-order valence-electron chi connectivity index (χ2n) is 8.40. The Morgan fingerprint density at radius 1 is 1.06 bits per heavy atom. The average molecular weight is 411 g/mol. The Morgan fingerprint density at radius 2 is 1.81 bits per heavy atom. The molecule has 0 saturated carbocycles. The van der Waals surface area contributed by atoms with Gasteiger partial charge in [0.2, 0.25) is 11.8 Å². The minimum Gasteiger partial charge on any atom is -0.279 e. The highest BCUT2D eigenvalue weighted by atomic mass is 16.2. The maximum Gasteiger partial charge on any atom is 0.254 e. The van der Waals surface area contributed by atoms with Crippen molar-refractivity contribution in [2.45, 2.75) is 50.7 Å². The molecule has 0 fully saturated rings. The predicted octanol–water partition coefficient (Wildman–Crippen LogP) is 3.37. The van der Waals surface area contributed by atoms with E-state index in [1.165, 1.54) is 5.57 Å². The van der Waals surface area contributed by atoms with E-state index in [1.807, 2.05) is 29.2 Å². The van der Waals surface area contributed by atoms with Gasteiger partial charge in [-0.1, -0.05) is 79.3 Å². The predicted molar refractivity (Wildman–Crippen MR) is 124 cm³/mol. The van der Waals surface area contributed by atoms with E-state index in [0.29, 0.717) is 6.42 Å². The van der Waals surface area contributed by atoms with Crippen LogP contribution in [0.3, 0.4) is 0 Å². The van der Waals surface area contributed by atoms with Crippen molar-refractivity contribution >= 4 is 17.5 Å². The van der Waals surface area contributed by atoms with Gasteiger partial charge in [-0.3, -0.25) is 14.7 Å². The van der Waals surface area contributed by atoms with Crippen LogP contribution in [0.4, 0.5) is 0 Å².